The summed E-state index contributed by atoms with van der Waals surface area (Å²) in [5.41, 5.74) is -1.93. The van der Waals surface area contributed by atoms with Gasteiger partial charge < -0.3 is 15.2 Å². The number of methoxy groups -OCH3 is 1. The second-order valence-corrected chi connectivity index (χ2v) is 8.45. The van der Waals surface area contributed by atoms with Gasteiger partial charge in [0.05, 0.1) is 12.8 Å². The Morgan fingerprint density at radius 3 is 2.42 bits per heavy atom. The molecule has 0 fully saturated rings. The second-order valence-electron chi connectivity index (χ2n) is 8.01. The summed E-state index contributed by atoms with van der Waals surface area (Å²) >= 11 is 5.87. The number of amides is 1. The molecule has 3 aromatic carbocycles. The molecule has 15 heteroatoms. The van der Waals surface area contributed by atoms with Gasteiger partial charge >= 0.3 is 6.18 Å². The lowest BCUT2D eigenvalue weighted by atomic mass is 10.2. The lowest BCUT2D eigenvalue weighted by Gasteiger charge is -2.13. The summed E-state index contributed by atoms with van der Waals surface area (Å²) < 4.78 is 87.5. The van der Waals surface area contributed by atoms with Gasteiger partial charge in [-0.2, -0.15) is 23.3 Å². The van der Waals surface area contributed by atoms with E-state index in [1.807, 2.05) is 0 Å². The van der Waals surface area contributed by atoms with Crippen molar-refractivity contribution in [2.75, 3.05) is 12.4 Å². The van der Waals surface area contributed by atoms with E-state index in [4.69, 9.17) is 16.3 Å². The van der Waals surface area contributed by atoms with Crippen LogP contribution in [0.3, 0.4) is 0 Å². The highest BCUT2D eigenvalue weighted by Crippen LogP contribution is 2.34. The zero-order valence-electron chi connectivity index (χ0n) is 20.0. The zero-order chi connectivity index (χ0) is 29.2. The van der Waals surface area contributed by atoms with E-state index in [0.717, 1.165) is 24.3 Å². The molecule has 4 aromatic rings. The predicted molar refractivity (Wildman–Crippen MR) is 133 cm³/mol. The van der Waals surface area contributed by atoms with E-state index < -0.39 is 47.0 Å². The Morgan fingerprint density at radius 2 is 1.77 bits per heavy atom. The van der Waals surface area contributed by atoms with Crippen LogP contribution in [0.25, 0.3) is 5.69 Å². The molecule has 0 saturated heterocycles. The summed E-state index contributed by atoms with van der Waals surface area (Å²) in [4.78, 5) is 16.8. The van der Waals surface area contributed by atoms with Crippen LogP contribution in [0.15, 0.2) is 65.7 Å². The van der Waals surface area contributed by atoms with Crippen molar-refractivity contribution in [3.8, 4) is 17.2 Å². The number of aromatic hydroxyl groups is 1. The van der Waals surface area contributed by atoms with Gasteiger partial charge in [0, 0.05) is 40.5 Å². The molecule has 0 aliphatic heterocycles. The van der Waals surface area contributed by atoms with Crippen molar-refractivity contribution in [1.29, 1.82) is 0 Å². The molecule has 0 radical (unpaired) electrons. The number of guanidine groups is 1. The molecule has 4 rings (SSSR count). The average Bonchev–Trinajstić information content (AvgIpc) is 3.29. The van der Waals surface area contributed by atoms with E-state index in [-0.39, 0.29) is 33.5 Å². The Kier molecular flexibility index (Phi) is 7.91. The van der Waals surface area contributed by atoms with E-state index in [1.165, 1.54) is 25.3 Å². The third-order valence-corrected chi connectivity index (χ3v) is 5.32. The van der Waals surface area contributed by atoms with Gasteiger partial charge in [0.2, 0.25) is 5.96 Å². The topological polar surface area (TPSA) is 101 Å². The molecule has 1 amide bonds. The highest BCUT2D eigenvalue weighted by atomic mass is 35.5. The van der Waals surface area contributed by atoms with Crippen LogP contribution < -0.4 is 15.4 Å². The Morgan fingerprint density at radius 1 is 1.02 bits per heavy atom. The number of carbonyl (C=O) groups excluding carboxylic acids is 1. The van der Waals surface area contributed by atoms with Gasteiger partial charge in [0.15, 0.2) is 23.1 Å². The highest BCUT2D eigenvalue weighted by molar-refractivity contribution is 6.31. The minimum atomic E-state index is -4.92. The van der Waals surface area contributed by atoms with E-state index in [1.54, 1.807) is 0 Å². The lowest BCUT2D eigenvalue weighted by molar-refractivity contribution is -0.141. The molecule has 0 atom stereocenters. The molecule has 208 valence electrons. The average molecular weight is 584 g/mol. The molecule has 0 unspecified atom stereocenters. The summed E-state index contributed by atoms with van der Waals surface area (Å²) in [6.45, 7) is 0. The monoisotopic (exact) mass is 583 g/mol. The lowest BCUT2D eigenvalue weighted by Crippen LogP contribution is -2.36. The number of alkyl halides is 3. The van der Waals surface area contributed by atoms with Crippen molar-refractivity contribution in [2.24, 2.45) is 4.99 Å². The minimum Gasteiger partial charge on any atom is -0.508 e. The van der Waals surface area contributed by atoms with Crippen LogP contribution in [0.2, 0.25) is 5.02 Å². The first kappa shape index (κ1) is 28.3. The first-order chi connectivity index (χ1) is 18.8. The number of ether oxygens (including phenoxy) is 1. The zero-order valence-corrected chi connectivity index (χ0v) is 20.8. The molecule has 0 spiro atoms. The maximum absolute atomic E-state index is 13.9. The molecule has 1 aromatic heterocycles. The van der Waals surface area contributed by atoms with Crippen LogP contribution in [-0.4, -0.2) is 33.9 Å². The number of halogens is 7. The Labute approximate surface area is 226 Å². The molecule has 3 N–H and O–H groups in total. The predicted octanol–water partition coefficient (Wildman–Crippen LogP) is 6.21. The number of phenols is 1. The van der Waals surface area contributed by atoms with E-state index in [0.29, 0.717) is 22.9 Å². The Hall–Kier alpha value is -4.72. The van der Waals surface area contributed by atoms with Gasteiger partial charge in [-0.05, 0) is 36.4 Å². The van der Waals surface area contributed by atoms with Gasteiger partial charge in [-0.1, -0.05) is 11.6 Å². The maximum atomic E-state index is 13.9. The van der Waals surface area contributed by atoms with Gasteiger partial charge in [-0.15, -0.1) is 0 Å². The van der Waals surface area contributed by atoms with E-state index in [2.05, 4.69) is 20.7 Å². The van der Waals surface area contributed by atoms with Crippen molar-refractivity contribution < 1.29 is 41.0 Å². The molecular weight excluding hydrogens is 568 g/mol. The molecule has 8 nitrogen and oxygen atoms in total. The van der Waals surface area contributed by atoms with E-state index >= 15 is 0 Å². The van der Waals surface area contributed by atoms with Gasteiger partial charge in [0.1, 0.15) is 17.3 Å². The number of nitrogens with zero attached hydrogens (tertiary/aromatic N) is 3. The molecule has 0 saturated carbocycles. The standard InChI is InChI=1S/C25H16ClF6N5O3/c1-40-18-9-16(8-17(38)10-18)37-22(11-21(36-37)25(30,31)32)34-24(33-15-6-13(26)5-14(27)7-15)35-23(39)12-2-3-19(28)20(29)4-12/h2-11,38H,1H3,(H2,33,34,35,39). The van der Waals surface area contributed by atoms with Crippen molar-refractivity contribution >= 4 is 35.0 Å². The molecule has 0 bridgehead atoms. The van der Waals surface area contributed by atoms with Crippen molar-refractivity contribution in [2.45, 2.75) is 6.18 Å². The van der Waals surface area contributed by atoms with Crippen LogP contribution in [0, 0.1) is 17.5 Å². The molecule has 1 heterocycles. The van der Waals surface area contributed by atoms with Gasteiger partial charge in [-0.25, -0.2) is 17.9 Å². The Balaban J connectivity index is 1.85. The number of nitrogens with one attached hydrogen (secondary N) is 2. The fourth-order valence-electron chi connectivity index (χ4n) is 3.37. The minimum absolute atomic E-state index is 0.0648. The first-order valence-electron chi connectivity index (χ1n) is 11.0. The number of benzene rings is 3. The van der Waals surface area contributed by atoms with Crippen LogP contribution in [0.5, 0.6) is 11.5 Å². The van der Waals surface area contributed by atoms with Crippen molar-refractivity contribution in [3.63, 3.8) is 0 Å². The van der Waals surface area contributed by atoms with E-state index in [9.17, 15) is 36.2 Å². The molecule has 0 aliphatic rings. The summed E-state index contributed by atoms with van der Waals surface area (Å²) in [5, 5.41) is 18.2. The number of hydrogen-bond acceptors (Lipinski definition) is 5. The smallest absolute Gasteiger partial charge is 0.435 e. The SMILES string of the molecule is COc1cc(O)cc(-n2nc(C(F)(F)F)cc2N=C(NC(=O)c2ccc(F)c(F)c2)Nc2cc(F)cc(Cl)c2)c1. The number of aromatic nitrogens is 2. The normalized spacial score (nSPS) is 11.8. The second kappa shape index (κ2) is 11.2. The Bertz CT molecular complexity index is 1600. The summed E-state index contributed by atoms with van der Waals surface area (Å²) in [7, 11) is 1.27. The quantitative estimate of drug-likeness (QED) is 0.147. The van der Waals surface area contributed by atoms with Crippen LogP contribution in [0.4, 0.5) is 37.8 Å². The number of anilines is 1. The van der Waals surface area contributed by atoms with Crippen LogP contribution in [-0.2, 0) is 6.18 Å². The maximum Gasteiger partial charge on any atom is 0.435 e. The molecule has 40 heavy (non-hydrogen) atoms. The third-order valence-electron chi connectivity index (χ3n) is 5.10. The number of phenolic OH excluding ortho intramolecular Hbond substituents is 1. The van der Waals surface area contributed by atoms with Crippen molar-refractivity contribution in [3.05, 3.63) is 94.4 Å². The fourth-order valence-corrected chi connectivity index (χ4v) is 3.59. The van der Waals surface area contributed by atoms with Gasteiger partial charge in [0.25, 0.3) is 5.91 Å². The highest BCUT2D eigenvalue weighted by Gasteiger charge is 2.35. The number of rotatable bonds is 5. The molecule has 0 aliphatic carbocycles. The molecular formula is C25H16ClF6N5O3. The first-order valence-corrected chi connectivity index (χ1v) is 11.3. The summed E-state index contributed by atoms with van der Waals surface area (Å²) in [5.74, 6) is -5.77. The summed E-state index contributed by atoms with van der Waals surface area (Å²) in [6.07, 6.45) is -4.92. The fraction of sp³-hybridized carbons (Fsp3) is 0.0800. The largest absolute Gasteiger partial charge is 0.508 e. The van der Waals surface area contributed by atoms with Crippen molar-refractivity contribution in [1.82, 2.24) is 15.1 Å². The van der Waals surface area contributed by atoms with Gasteiger partial charge in [-0.3, -0.25) is 10.1 Å². The van der Waals surface area contributed by atoms with Crippen LogP contribution >= 0.6 is 11.6 Å². The van der Waals surface area contributed by atoms with Crippen LogP contribution in [0.1, 0.15) is 16.1 Å². The number of carbonyl (C=O) groups is 1. The number of hydrogen-bond donors (Lipinski definition) is 3. The third kappa shape index (κ3) is 6.64. The number of aliphatic imine (C=N–C) groups is 1. The summed E-state index contributed by atoms with van der Waals surface area (Å²) in [6, 6.07) is 9.46.